The third-order valence-electron chi connectivity index (χ3n) is 5.20. The monoisotopic (exact) mass is 380 g/mol. The zero-order valence-corrected chi connectivity index (χ0v) is 17.0. The molecule has 8 nitrogen and oxygen atoms in total. The third-order valence-corrected chi connectivity index (χ3v) is 7.32. The average molecular weight is 381 g/mol. The first-order chi connectivity index (χ1) is 12.2. The number of piperidine rings is 1. The highest BCUT2D eigenvalue weighted by Gasteiger charge is 2.34. The van der Waals surface area contributed by atoms with Crippen molar-refractivity contribution in [3.8, 4) is 0 Å². The molecule has 0 amide bonds. The van der Waals surface area contributed by atoms with Gasteiger partial charge in [-0.1, -0.05) is 0 Å². The Morgan fingerprint density at radius 3 is 2.65 bits per heavy atom. The van der Waals surface area contributed by atoms with Gasteiger partial charge in [0.1, 0.15) is 17.0 Å². The Labute approximate surface area is 155 Å². The van der Waals surface area contributed by atoms with Crippen LogP contribution in [0.25, 0.3) is 0 Å². The Kier molecular flexibility index (Phi) is 5.21. The Hall–Kier alpha value is -1.74. The largest absolute Gasteiger partial charge is 0.315 e. The molecule has 1 unspecified atom stereocenters. The number of sulfonamides is 1. The highest BCUT2D eigenvalue weighted by atomic mass is 32.2. The molecule has 26 heavy (non-hydrogen) atoms. The van der Waals surface area contributed by atoms with Crippen LogP contribution in [0.4, 0.5) is 0 Å². The molecule has 0 saturated carbocycles. The van der Waals surface area contributed by atoms with Gasteiger partial charge in [0.25, 0.3) is 0 Å². The summed E-state index contributed by atoms with van der Waals surface area (Å²) >= 11 is 0. The maximum atomic E-state index is 13.2. The standard InChI is InChI=1S/C17H28N6O2S/c1-12(2)23-11-18-19-16(23)9-15-7-6-8-22(10-15)26(24,25)17-13(3)20-21(5)14(17)4/h11-12,15H,6-10H2,1-5H3. The van der Waals surface area contributed by atoms with Crippen LogP contribution in [0, 0.1) is 19.8 Å². The molecule has 9 heteroatoms. The predicted octanol–water partition coefficient (Wildman–Crippen LogP) is 1.85. The molecule has 2 aromatic heterocycles. The summed E-state index contributed by atoms with van der Waals surface area (Å²) in [6.45, 7) is 8.83. The van der Waals surface area contributed by atoms with Crippen LogP contribution in [0.1, 0.15) is 49.9 Å². The van der Waals surface area contributed by atoms with E-state index in [2.05, 4.69) is 33.7 Å². The van der Waals surface area contributed by atoms with Crippen LogP contribution in [0.15, 0.2) is 11.2 Å². The minimum Gasteiger partial charge on any atom is -0.315 e. The van der Waals surface area contributed by atoms with Crippen LogP contribution in [0.2, 0.25) is 0 Å². The van der Waals surface area contributed by atoms with Crippen LogP contribution >= 0.6 is 0 Å². The van der Waals surface area contributed by atoms with E-state index in [9.17, 15) is 8.42 Å². The molecular formula is C17H28N6O2S. The molecule has 3 heterocycles. The van der Waals surface area contributed by atoms with Crippen molar-refractivity contribution >= 4 is 10.0 Å². The van der Waals surface area contributed by atoms with Gasteiger partial charge in [0.15, 0.2) is 0 Å². The summed E-state index contributed by atoms with van der Waals surface area (Å²) in [6.07, 6.45) is 4.36. The van der Waals surface area contributed by atoms with Crippen LogP contribution in [-0.4, -0.2) is 50.4 Å². The van der Waals surface area contributed by atoms with Crippen molar-refractivity contribution in [3.63, 3.8) is 0 Å². The van der Waals surface area contributed by atoms with E-state index in [1.807, 2.05) is 0 Å². The second-order valence-electron chi connectivity index (χ2n) is 7.45. The quantitative estimate of drug-likeness (QED) is 0.790. The van der Waals surface area contributed by atoms with Gasteiger partial charge in [-0.3, -0.25) is 4.68 Å². The van der Waals surface area contributed by atoms with Crippen molar-refractivity contribution in [2.75, 3.05) is 13.1 Å². The lowest BCUT2D eigenvalue weighted by molar-refractivity contribution is 0.260. The number of aryl methyl sites for hydroxylation is 2. The first-order valence-corrected chi connectivity index (χ1v) is 10.5. The molecule has 0 N–H and O–H groups in total. The van der Waals surface area contributed by atoms with Gasteiger partial charge >= 0.3 is 0 Å². The highest BCUT2D eigenvalue weighted by Crippen LogP contribution is 2.28. The van der Waals surface area contributed by atoms with Gasteiger partial charge in [-0.25, -0.2) is 8.42 Å². The van der Waals surface area contributed by atoms with Gasteiger partial charge < -0.3 is 4.57 Å². The van der Waals surface area contributed by atoms with E-state index < -0.39 is 10.0 Å². The van der Waals surface area contributed by atoms with Crippen LogP contribution in [0.5, 0.6) is 0 Å². The van der Waals surface area contributed by atoms with Crippen molar-refractivity contribution in [2.45, 2.75) is 57.9 Å². The molecule has 2 aromatic rings. The first kappa shape index (κ1) is 19.0. The average Bonchev–Trinajstić information content (AvgIpc) is 3.12. The summed E-state index contributed by atoms with van der Waals surface area (Å²) < 4.78 is 31.7. The molecule has 1 fully saturated rings. The summed E-state index contributed by atoms with van der Waals surface area (Å²) in [5.41, 5.74) is 1.25. The summed E-state index contributed by atoms with van der Waals surface area (Å²) in [7, 11) is -1.76. The maximum absolute atomic E-state index is 13.2. The number of rotatable bonds is 5. The molecule has 1 saturated heterocycles. The van der Waals surface area contributed by atoms with E-state index >= 15 is 0 Å². The molecule has 0 spiro atoms. The van der Waals surface area contributed by atoms with Gasteiger partial charge in [0.05, 0.1) is 11.4 Å². The third kappa shape index (κ3) is 3.42. The maximum Gasteiger partial charge on any atom is 0.246 e. The summed E-state index contributed by atoms with van der Waals surface area (Å²) in [5, 5.41) is 12.5. The van der Waals surface area contributed by atoms with Crippen LogP contribution in [0.3, 0.4) is 0 Å². The second-order valence-corrected chi connectivity index (χ2v) is 9.32. The van der Waals surface area contributed by atoms with Crippen molar-refractivity contribution in [3.05, 3.63) is 23.5 Å². The minimum atomic E-state index is -3.53. The lowest BCUT2D eigenvalue weighted by Crippen LogP contribution is -2.41. The second kappa shape index (κ2) is 7.11. The van der Waals surface area contributed by atoms with E-state index in [1.54, 1.807) is 36.2 Å². The molecule has 1 atom stereocenters. The normalized spacial score (nSPS) is 19.4. The van der Waals surface area contributed by atoms with Crippen LogP contribution < -0.4 is 0 Å². The van der Waals surface area contributed by atoms with E-state index in [1.165, 1.54) is 0 Å². The van der Waals surface area contributed by atoms with Crippen molar-refractivity contribution in [2.24, 2.45) is 13.0 Å². The number of nitrogens with zero attached hydrogens (tertiary/aromatic N) is 6. The summed E-state index contributed by atoms with van der Waals surface area (Å²) in [5.74, 6) is 1.18. The fraction of sp³-hybridized carbons (Fsp3) is 0.706. The van der Waals surface area contributed by atoms with Gasteiger partial charge in [-0.2, -0.15) is 9.40 Å². The van der Waals surface area contributed by atoms with Gasteiger partial charge in [-0.05, 0) is 46.5 Å². The van der Waals surface area contributed by atoms with Gasteiger partial charge in [0, 0.05) is 32.6 Å². The zero-order chi connectivity index (χ0) is 19.1. The SMILES string of the molecule is Cc1nn(C)c(C)c1S(=O)(=O)N1CCCC(Cc2nncn2C(C)C)C1. The fourth-order valence-electron chi connectivity index (χ4n) is 3.77. The van der Waals surface area contributed by atoms with Crippen molar-refractivity contribution < 1.29 is 8.42 Å². The fourth-order valence-corrected chi connectivity index (χ4v) is 5.72. The van der Waals surface area contributed by atoms with E-state index in [4.69, 9.17) is 0 Å². The minimum absolute atomic E-state index is 0.248. The van der Waals surface area contributed by atoms with E-state index in [0.29, 0.717) is 35.4 Å². The molecule has 144 valence electrons. The first-order valence-electron chi connectivity index (χ1n) is 9.10. The smallest absolute Gasteiger partial charge is 0.246 e. The number of hydrogen-bond acceptors (Lipinski definition) is 5. The van der Waals surface area contributed by atoms with Crippen LogP contribution in [-0.2, 0) is 23.5 Å². The molecule has 0 aliphatic carbocycles. The number of aromatic nitrogens is 5. The Morgan fingerprint density at radius 1 is 1.31 bits per heavy atom. The van der Waals surface area contributed by atoms with E-state index in [0.717, 1.165) is 25.1 Å². The summed E-state index contributed by atoms with van der Waals surface area (Å²) in [6, 6.07) is 0.295. The Bertz CT molecular complexity index is 883. The zero-order valence-electron chi connectivity index (χ0n) is 16.2. The van der Waals surface area contributed by atoms with Gasteiger partial charge in [0.2, 0.25) is 10.0 Å². The molecule has 1 aliphatic rings. The van der Waals surface area contributed by atoms with E-state index in [-0.39, 0.29) is 5.92 Å². The molecule has 3 rings (SSSR count). The topological polar surface area (TPSA) is 85.9 Å². The molecule has 0 radical (unpaired) electrons. The molecule has 1 aliphatic heterocycles. The lowest BCUT2D eigenvalue weighted by atomic mass is 9.96. The molecule has 0 bridgehead atoms. The highest BCUT2D eigenvalue weighted by molar-refractivity contribution is 7.89. The number of hydrogen-bond donors (Lipinski definition) is 0. The predicted molar refractivity (Wildman–Crippen MR) is 98.3 cm³/mol. The Balaban J connectivity index is 1.81. The van der Waals surface area contributed by atoms with Crippen molar-refractivity contribution in [1.82, 2.24) is 28.9 Å². The van der Waals surface area contributed by atoms with Crippen molar-refractivity contribution in [1.29, 1.82) is 0 Å². The Morgan fingerprint density at radius 2 is 2.04 bits per heavy atom. The molecular weight excluding hydrogens is 352 g/mol. The lowest BCUT2D eigenvalue weighted by Gasteiger charge is -2.32. The molecule has 0 aromatic carbocycles. The van der Waals surface area contributed by atoms with Gasteiger partial charge in [-0.15, -0.1) is 10.2 Å². The summed E-state index contributed by atoms with van der Waals surface area (Å²) in [4.78, 5) is 0.353.